The Kier molecular flexibility index (Phi) is 6.55. The highest BCUT2D eigenvalue weighted by Crippen LogP contribution is 2.33. The Balaban J connectivity index is 1.75. The van der Waals surface area contributed by atoms with Gasteiger partial charge in [0.1, 0.15) is 6.10 Å². The Morgan fingerprint density at radius 1 is 1.19 bits per heavy atom. The van der Waals surface area contributed by atoms with Crippen molar-refractivity contribution >= 4 is 16.9 Å². The molecule has 1 aliphatic rings. The first kappa shape index (κ1) is 21.0. The predicted molar refractivity (Wildman–Crippen MR) is 117 cm³/mol. The van der Waals surface area contributed by atoms with Gasteiger partial charge in [-0.1, -0.05) is 12.1 Å². The van der Waals surface area contributed by atoms with Crippen molar-refractivity contribution < 1.29 is 14.2 Å². The van der Waals surface area contributed by atoms with Gasteiger partial charge in [-0.3, -0.25) is 0 Å². The van der Waals surface area contributed by atoms with Gasteiger partial charge in [-0.2, -0.15) is 5.26 Å². The van der Waals surface area contributed by atoms with Crippen molar-refractivity contribution in [2.24, 2.45) is 0 Å². The van der Waals surface area contributed by atoms with E-state index in [4.69, 9.17) is 24.5 Å². The van der Waals surface area contributed by atoms with Crippen molar-refractivity contribution in [2.75, 3.05) is 32.2 Å². The normalized spacial score (nSPS) is 15.4. The van der Waals surface area contributed by atoms with Gasteiger partial charge in [0, 0.05) is 44.0 Å². The number of ether oxygens (including phenoxy) is 3. The molecule has 4 rings (SSSR count). The number of hydrogen-bond donors (Lipinski definition) is 1. The third kappa shape index (κ3) is 4.90. The molecule has 160 valence electrons. The zero-order valence-corrected chi connectivity index (χ0v) is 17.7. The average Bonchev–Trinajstić information content (AvgIpc) is 2.80. The van der Waals surface area contributed by atoms with E-state index in [0.29, 0.717) is 37.2 Å². The SMILES string of the molecule is COC[C@H](C)Nc1ncc2c(OC3CCOCC3)ncc(-c3ccc(C#N)cc3)c2n1. The topological polar surface area (TPSA) is 102 Å². The van der Waals surface area contributed by atoms with Crippen molar-refractivity contribution in [3.63, 3.8) is 0 Å². The summed E-state index contributed by atoms with van der Waals surface area (Å²) in [4.78, 5) is 13.9. The maximum Gasteiger partial charge on any atom is 0.224 e. The van der Waals surface area contributed by atoms with Gasteiger partial charge in [0.05, 0.1) is 42.4 Å². The van der Waals surface area contributed by atoms with Crippen LogP contribution in [0.15, 0.2) is 36.7 Å². The van der Waals surface area contributed by atoms with Gasteiger partial charge in [-0.15, -0.1) is 0 Å². The van der Waals surface area contributed by atoms with Gasteiger partial charge >= 0.3 is 0 Å². The molecule has 1 fully saturated rings. The average molecular weight is 419 g/mol. The van der Waals surface area contributed by atoms with E-state index in [1.807, 2.05) is 19.1 Å². The molecule has 1 N–H and O–H groups in total. The maximum atomic E-state index is 9.10. The van der Waals surface area contributed by atoms with Crippen LogP contribution in [0.1, 0.15) is 25.3 Å². The summed E-state index contributed by atoms with van der Waals surface area (Å²) in [5, 5.41) is 13.1. The van der Waals surface area contributed by atoms with Crippen LogP contribution >= 0.6 is 0 Å². The molecule has 3 heterocycles. The highest BCUT2D eigenvalue weighted by atomic mass is 16.5. The Hall–Kier alpha value is -3.28. The van der Waals surface area contributed by atoms with Crippen LogP contribution in [0.5, 0.6) is 5.88 Å². The number of pyridine rings is 1. The molecule has 0 unspecified atom stereocenters. The molecular formula is C23H25N5O3. The summed E-state index contributed by atoms with van der Waals surface area (Å²) in [6, 6.07) is 9.57. The zero-order valence-electron chi connectivity index (χ0n) is 17.7. The van der Waals surface area contributed by atoms with Crippen LogP contribution in [-0.2, 0) is 9.47 Å². The number of fused-ring (bicyclic) bond motifs is 1. The molecule has 1 atom stereocenters. The van der Waals surface area contributed by atoms with Gasteiger partial charge in [0.25, 0.3) is 0 Å². The van der Waals surface area contributed by atoms with Crippen molar-refractivity contribution in [3.05, 3.63) is 42.2 Å². The van der Waals surface area contributed by atoms with E-state index >= 15 is 0 Å². The molecule has 8 heteroatoms. The Labute approximate surface area is 181 Å². The summed E-state index contributed by atoms with van der Waals surface area (Å²) in [7, 11) is 1.66. The standard InChI is InChI=1S/C23H25N5O3/c1-15(14-29-2)27-23-26-13-20-21(28-23)19(17-5-3-16(11-24)4-6-17)12-25-22(20)31-18-7-9-30-10-8-18/h3-6,12-13,15,18H,7-10,14H2,1-2H3,(H,26,27,28)/t15-/m0/s1. The van der Waals surface area contributed by atoms with Crippen LogP contribution in [0, 0.1) is 11.3 Å². The third-order valence-corrected chi connectivity index (χ3v) is 5.15. The number of aromatic nitrogens is 3. The van der Waals surface area contributed by atoms with Gasteiger partial charge in [0.2, 0.25) is 11.8 Å². The molecule has 1 aromatic carbocycles. The largest absolute Gasteiger partial charge is 0.474 e. The minimum absolute atomic E-state index is 0.0561. The first-order valence-corrected chi connectivity index (χ1v) is 10.3. The number of benzene rings is 1. The molecule has 0 amide bonds. The fourth-order valence-corrected chi connectivity index (χ4v) is 3.56. The molecule has 0 saturated carbocycles. The van der Waals surface area contributed by atoms with E-state index in [-0.39, 0.29) is 12.1 Å². The first-order valence-electron chi connectivity index (χ1n) is 10.3. The summed E-state index contributed by atoms with van der Waals surface area (Å²) in [5.74, 6) is 1.03. The predicted octanol–water partition coefficient (Wildman–Crippen LogP) is 3.57. The Morgan fingerprint density at radius 3 is 2.68 bits per heavy atom. The van der Waals surface area contributed by atoms with Gasteiger partial charge in [-0.25, -0.2) is 15.0 Å². The van der Waals surface area contributed by atoms with Crippen molar-refractivity contribution in [1.29, 1.82) is 5.26 Å². The van der Waals surface area contributed by atoms with E-state index in [0.717, 1.165) is 34.9 Å². The van der Waals surface area contributed by atoms with Crippen LogP contribution in [0.4, 0.5) is 5.95 Å². The smallest absolute Gasteiger partial charge is 0.224 e. The minimum Gasteiger partial charge on any atom is -0.474 e. The van der Waals surface area contributed by atoms with E-state index in [1.54, 1.807) is 31.6 Å². The lowest BCUT2D eigenvalue weighted by Crippen LogP contribution is -2.26. The van der Waals surface area contributed by atoms with Crippen LogP contribution < -0.4 is 10.1 Å². The van der Waals surface area contributed by atoms with Crippen LogP contribution in [0.3, 0.4) is 0 Å². The monoisotopic (exact) mass is 419 g/mol. The molecule has 0 aliphatic carbocycles. The molecule has 0 radical (unpaired) electrons. The molecule has 1 saturated heterocycles. The summed E-state index contributed by atoms with van der Waals surface area (Å²) in [6.45, 7) is 3.92. The first-order chi connectivity index (χ1) is 15.2. The third-order valence-electron chi connectivity index (χ3n) is 5.15. The Bertz CT molecular complexity index is 1080. The molecule has 1 aliphatic heterocycles. The number of methoxy groups -OCH3 is 1. The number of nitrogens with zero attached hydrogens (tertiary/aromatic N) is 4. The highest BCUT2D eigenvalue weighted by Gasteiger charge is 2.20. The zero-order chi connectivity index (χ0) is 21.6. The molecule has 8 nitrogen and oxygen atoms in total. The molecule has 3 aromatic rings. The van der Waals surface area contributed by atoms with Crippen LogP contribution in [0.25, 0.3) is 22.0 Å². The second kappa shape index (κ2) is 9.69. The number of anilines is 1. The van der Waals surface area contributed by atoms with Crippen molar-refractivity contribution in [1.82, 2.24) is 15.0 Å². The van der Waals surface area contributed by atoms with E-state index in [2.05, 4.69) is 21.4 Å². The highest BCUT2D eigenvalue weighted by molar-refractivity contribution is 5.96. The van der Waals surface area contributed by atoms with E-state index in [1.165, 1.54) is 0 Å². The lowest BCUT2D eigenvalue weighted by molar-refractivity contribution is 0.0244. The van der Waals surface area contributed by atoms with Gasteiger partial charge in [0.15, 0.2) is 0 Å². The number of nitriles is 1. The molecule has 0 spiro atoms. The summed E-state index contributed by atoms with van der Waals surface area (Å²) >= 11 is 0. The Morgan fingerprint density at radius 2 is 1.97 bits per heavy atom. The van der Waals surface area contributed by atoms with Crippen molar-refractivity contribution in [3.8, 4) is 23.1 Å². The lowest BCUT2D eigenvalue weighted by Gasteiger charge is -2.23. The van der Waals surface area contributed by atoms with Gasteiger partial charge in [-0.05, 0) is 24.6 Å². The number of rotatable bonds is 7. The molecule has 31 heavy (non-hydrogen) atoms. The van der Waals surface area contributed by atoms with Gasteiger partial charge < -0.3 is 19.5 Å². The number of hydrogen-bond acceptors (Lipinski definition) is 8. The van der Waals surface area contributed by atoms with E-state index in [9.17, 15) is 0 Å². The van der Waals surface area contributed by atoms with Crippen LogP contribution in [0.2, 0.25) is 0 Å². The molecular weight excluding hydrogens is 394 g/mol. The van der Waals surface area contributed by atoms with Crippen molar-refractivity contribution in [2.45, 2.75) is 31.9 Å². The second-order valence-electron chi connectivity index (χ2n) is 7.55. The van der Waals surface area contributed by atoms with Crippen LogP contribution in [-0.4, -0.2) is 54.0 Å². The fourth-order valence-electron chi connectivity index (χ4n) is 3.56. The second-order valence-corrected chi connectivity index (χ2v) is 7.55. The number of nitrogens with one attached hydrogen (secondary N) is 1. The summed E-state index contributed by atoms with van der Waals surface area (Å²) in [6.07, 6.45) is 5.24. The van der Waals surface area contributed by atoms with E-state index < -0.39 is 0 Å². The summed E-state index contributed by atoms with van der Waals surface area (Å²) in [5.41, 5.74) is 3.11. The summed E-state index contributed by atoms with van der Waals surface area (Å²) < 4.78 is 16.8. The molecule has 0 bridgehead atoms. The molecule has 2 aromatic heterocycles. The lowest BCUT2D eigenvalue weighted by atomic mass is 10.0. The minimum atomic E-state index is 0.0561. The maximum absolute atomic E-state index is 9.10. The fraction of sp³-hybridized carbons (Fsp3) is 0.391. The quantitative estimate of drug-likeness (QED) is 0.620.